The summed E-state index contributed by atoms with van der Waals surface area (Å²) in [7, 11) is 0. The molecule has 5 heterocycles. The molecule has 286 valence electrons. The van der Waals surface area contributed by atoms with Crippen molar-refractivity contribution >= 4 is 11.8 Å². The molecule has 0 aromatic rings. The lowest BCUT2D eigenvalue weighted by molar-refractivity contribution is -0.387. The molecule has 0 radical (unpaired) electrons. The second-order valence-corrected chi connectivity index (χ2v) is 17.8. The van der Waals surface area contributed by atoms with Crippen LogP contribution in [0.3, 0.4) is 0 Å². The van der Waals surface area contributed by atoms with E-state index in [0.29, 0.717) is 96.4 Å². The van der Waals surface area contributed by atoms with Crippen LogP contribution < -0.4 is 5.73 Å². The molecule has 6 aliphatic rings. The van der Waals surface area contributed by atoms with Crippen molar-refractivity contribution in [1.29, 1.82) is 0 Å². The van der Waals surface area contributed by atoms with Crippen molar-refractivity contribution < 1.29 is 38.7 Å². The number of ketones is 1. The highest BCUT2D eigenvalue weighted by atomic mass is 16.8. The first-order valence-corrected chi connectivity index (χ1v) is 20.0. The number of carbonyl (C=O) groups excluding carboxylic acids is 2. The number of hydrogen-bond acceptors (Lipinski definition) is 9. The number of fused-ring (bicyclic) bond motifs is 3. The van der Waals surface area contributed by atoms with E-state index in [0.717, 1.165) is 28.7 Å². The molecule has 12 unspecified atom stereocenters. The number of rotatable bonds is 5. The quantitative estimate of drug-likeness (QED) is 0.204. The lowest BCUT2D eigenvalue weighted by atomic mass is 9.58. The Morgan fingerprint density at radius 1 is 1.06 bits per heavy atom. The van der Waals surface area contributed by atoms with Gasteiger partial charge in [-0.2, -0.15) is 0 Å². The SMILES string of the molecule is C=C1CCCC(=O)C2(CCC(C)CN)CCC(C3CC(C)C(=O)O3)=C(C)C2/C=C(\C)C(O)CC2OC3(CCC4(OC(CCC4(C)O)C1)O3)CC2C. The molecule has 5 aliphatic heterocycles. The molecule has 9 nitrogen and oxygen atoms in total. The molecule has 0 amide bonds. The Bertz CT molecular complexity index is 1420. The largest absolute Gasteiger partial charge is 0.458 e. The molecule has 2 spiro atoms. The van der Waals surface area contributed by atoms with Crippen molar-refractivity contribution in [3.05, 3.63) is 34.9 Å². The van der Waals surface area contributed by atoms with Crippen LogP contribution in [0.4, 0.5) is 0 Å². The summed E-state index contributed by atoms with van der Waals surface area (Å²) in [5, 5.41) is 23.5. The maximum Gasteiger partial charge on any atom is 0.309 e. The summed E-state index contributed by atoms with van der Waals surface area (Å²) in [6.07, 6.45) is 10.2. The van der Waals surface area contributed by atoms with Gasteiger partial charge in [0, 0.05) is 49.9 Å². The van der Waals surface area contributed by atoms with E-state index in [1.165, 1.54) is 0 Å². The molecule has 1 aliphatic carbocycles. The Hall–Kier alpha value is -1.88. The fraction of sp³-hybridized carbons (Fsp3) is 0.810. The van der Waals surface area contributed by atoms with Gasteiger partial charge in [-0.1, -0.05) is 44.6 Å². The van der Waals surface area contributed by atoms with E-state index in [1.54, 1.807) is 0 Å². The lowest BCUT2D eigenvalue weighted by Crippen LogP contribution is -2.60. The van der Waals surface area contributed by atoms with E-state index in [-0.39, 0.29) is 53.7 Å². The Balaban J connectivity index is 1.37. The summed E-state index contributed by atoms with van der Waals surface area (Å²) in [4.78, 5) is 27.3. The van der Waals surface area contributed by atoms with Gasteiger partial charge in [-0.25, -0.2) is 0 Å². The van der Waals surface area contributed by atoms with E-state index in [4.69, 9.17) is 24.7 Å². The zero-order valence-electron chi connectivity index (χ0n) is 32.1. The molecule has 51 heavy (non-hydrogen) atoms. The summed E-state index contributed by atoms with van der Waals surface area (Å²) >= 11 is 0. The monoisotopic (exact) mass is 711 g/mol. The van der Waals surface area contributed by atoms with Gasteiger partial charge in [-0.3, -0.25) is 9.59 Å². The van der Waals surface area contributed by atoms with Crippen LogP contribution in [0.2, 0.25) is 0 Å². The number of aliphatic hydroxyl groups is 2. The summed E-state index contributed by atoms with van der Waals surface area (Å²) in [6, 6.07) is 0. The van der Waals surface area contributed by atoms with Crippen LogP contribution in [-0.4, -0.2) is 70.1 Å². The highest BCUT2D eigenvalue weighted by Gasteiger charge is 2.64. The topological polar surface area (TPSA) is 138 Å². The Morgan fingerprint density at radius 3 is 2.53 bits per heavy atom. The minimum Gasteiger partial charge on any atom is -0.458 e. The van der Waals surface area contributed by atoms with Crippen molar-refractivity contribution in [3.63, 3.8) is 0 Å². The first-order valence-electron chi connectivity index (χ1n) is 20.0. The van der Waals surface area contributed by atoms with Gasteiger partial charge >= 0.3 is 5.97 Å². The van der Waals surface area contributed by atoms with Gasteiger partial charge in [-0.05, 0) is 108 Å². The summed E-state index contributed by atoms with van der Waals surface area (Å²) in [6.45, 7) is 17.1. The Kier molecular flexibility index (Phi) is 11.2. The van der Waals surface area contributed by atoms with Crippen molar-refractivity contribution in [2.45, 2.75) is 179 Å². The summed E-state index contributed by atoms with van der Waals surface area (Å²) in [5.74, 6) is -1.94. The predicted octanol–water partition coefficient (Wildman–Crippen LogP) is 6.98. The van der Waals surface area contributed by atoms with Crippen LogP contribution in [0.1, 0.15) is 138 Å². The van der Waals surface area contributed by atoms with Crippen LogP contribution in [0.15, 0.2) is 34.9 Å². The smallest absolute Gasteiger partial charge is 0.309 e. The number of nitrogens with two attached hydrogens (primary N) is 1. The number of Topliss-reactive ketones (excluding diaryl/α,β-unsaturated/α-hetero) is 1. The zero-order valence-corrected chi connectivity index (χ0v) is 32.1. The van der Waals surface area contributed by atoms with Crippen molar-refractivity contribution in [2.24, 2.45) is 34.8 Å². The minimum absolute atomic E-state index is 0.123. The molecule has 4 bridgehead atoms. The summed E-state index contributed by atoms with van der Waals surface area (Å²) < 4.78 is 26.1. The second kappa shape index (κ2) is 14.7. The van der Waals surface area contributed by atoms with Crippen LogP contribution in [0.5, 0.6) is 0 Å². The van der Waals surface area contributed by atoms with Crippen LogP contribution in [0.25, 0.3) is 0 Å². The van der Waals surface area contributed by atoms with Crippen molar-refractivity contribution in [1.82, 2.24) is 0 Å². The molecular formula is C42H65NO8. The third-order valence-corrected chi connectivity index (χ3v) is 13.9. The average Bonchev–Trinajstić information content (AvgIpc) is 3.71. The lowest BCUT2D eigenvalue weighted by Gasteiger charge is -2.49. The third kappa shape index (κ3) is 7.46. The van der Waals surface area contributed by atoms with Crippen LogP contribution >= 0.6 is 0 Å². The number of hydrogen-bond donors (Lipinski definition) is 3. The molecule has 0 aromatic heterocycles. The van der Waals surface area contributed by atoms with E-state index in [1.807, 2.05) is 20.8 Å². The maximum atomic E-state index is 14.8. The van der Waals surface area contributed by atoms with Gasteiger partial charge < -0.3 is 34.9 Å². The average molecular weight is 712 g/mol. The van der Waals surface area contributed by atoms with E-state index in [2.05, 4.69) is 33.4 Å². The first-order chi connectivity index (χ1) is 24.0. The molecular weight excluding hydrogens is 646 g/mol. The highest BCUT2D eigenvalue weighted by molar-refractivity contribution is 5.86. The van der Waals surface area contributed by atoms with E-state index < -0.39 is 28.7 Å². The molecule has 4 fully saturated rings. The molecule has 9 heteroatoms. The summed E-state index contributed by atoms with van der Waals surface area (Å²) in [5.41, 5.74) is 8.37. The standard InChI is InChI=1S/C42H65NO8/c1-25-9-8-10-37(45)40(15-11-26(2)24-43)16-13-32(36-21-28(4)38(46)48-36)30(6)33(40)20-27(3)34(44)22-35-29(5)23-41(50-35)17-18-42(51-41)39(7,47)14-12-31(19-25)49-42/h20,26,28-29,31,33-36,44,47H,1,8-19,21-24,43H2,2-7H3/b27-20+. The number of cyclic esters (lactones) is 1. The maximum absolute atomic E-state index is 14.8. The molecule has 0 saturated carbocycles. The normalized spacial score (nSPS) is 45.7. The zero-order chi connectivity index (χ0) is 36.9. The molecule has 4 saturated heterocycles. The Labute approximate surface area is 305 Å². The fourth-order valence-corrected chi connectivity index (χ4v) is 10.3. The molecule has 12 atom stereocenters. The highest BCUT2D eigenvalue weighted by Crippen LogP contribution is 2.56. The van der Waals surface area contributed by atoms with E-state index >= 15 is 0 Å². The fourth-order valence-electron chi connectivity index (χ4n) is 10.3. The molecule has 6 rings (SSSR count). The predicted molar refractivity (Wildman–Crippen MR) is 195 cm³/mol. The van der Waals surface area contributed by atoms with Crippen LogP contribution in [0, 0.1) is 29.1 Å². The molecule has 4 N–H and O–H groups in total. The van der Waals surface area contributed by atoms with Gasteiger partial charge in [0.2, 0.25) is 5.79 Å². The number of esters is 1. The van der Waals surface area contributed by atoms with E-state index in [9.17, 15) is 19.8 Å². The van der Waals surface area contributed by atoms with Gasteiger partial charge in [-0.15, -0.1) is 0 Å². The Morgan fingerprint density at radius 2 is 1.82 bits per heavy atom. The second-order valence-electron chi connectivity index (χ2n) is 17.8. The minimum atomic E-state index is -1.16. The van der Waals surface area contributed by atoms with Gasteiger partial charge in [0.25, 0.3) is 0 Å². The van der Waals surface area contributed by atoms with Gasteiger partial charge in [0.1, 0.15) is 17.5 Å². The number of carbonyl (C=O) groups is 2. The number of ether oxygens (including phenoxy) is 4. The van der Waals surface area contributed by atoms with Gasteiger partial charge in [0.05, 0.1) is 24.2 Å². The number of aliphatic hydroxyl groups excluding tert-OH is 1. The first kappa shape index (κ1) is 38.8. The molecule has 0 aromatic carbocycles. The van der Waals surface area contributed by atoms with Gasteiger partial charge in [0.15, 0.2) is 5.79 Å². The van der Waals surface area contributed by atoms with Crippen molar-refractivity contribution in [2.75, 3.05) is 6.54 Å². The van der Waals surface area contributed by atoms with Crippen molar-refractivity contribution in [3.8, 4) is 0 Å². The third-order valence-electron chi connectivity index (χ3n) is 13.9. The number of allylic oxidation sites excluding steroid dienone is 2. The van der Waals surface area contributed by atoms with Crippen LogP contribution in [-0.2, 0) is 28.5 Å².